The van der Waals surface area contributed by atoms with Gasteiger partial charge in [-0.15, -0.1) is 11.3 Å². The summed E-state index contributed by atoms with van der Waals surface area (Å²) in [5.74, 6) is -0.964. The average molecular weight is 242 g/mol. The Kier molecular flexibility index (Phi) is 5.49. The molecule has 0 aliphatic carbocycles. The van der Waals surface area contributed by atoms with Crippen LogP contribution in [0.5, 0.6) is 0 Å². The van der Waals surface area contributed by atoms with Crippen molar-refractivity contribution in [1.82, 2.24) is 10.3 Å². The summed E-state index contributed by atoms with van der Waals surface area (Å²) in [5.41, 5.74) is 0. The molecule has 0 saturated heterocycles. The van der Waals surface area contributed by atoms with E-state index in [-0.39, 0.29) is 18.7 Å². The van der Waals surface area contributed by atoms with Crippen molar-refractivity contribution in [3.8, 4) is 0 Å². The Morgan fingerprint density at radius 1 is 1.44 bits per heavy atom. The Balaban J connectivity index is 2.04. The molecular formula is C10H14N2O3S. The molecule has 1 heterocycles. The molecule has 88 valence electrons. The zero-order valence-corrected chi connectivity index (χ0v) is 9.63. The van der Waals surface area contributed by atoms with Gasteiger partial charge in [0.25, 0.3) is 0 Å². The second-order valence-electron chi connectivity index (χ2n) is 3.27. The molecule has 1 amide bonds. The van der Waals surface area contributed by atoms with Crippen LogP contribution in [0.3, 0.4) is 0 Å². The summed E-state index contributed by atoms with van der Waals surface area (Å²) in [6.45, 7) is 0.555. The van der Waals surface area contributed by atoms with Crippen LogP contribution in [-0.2, 0) is 16.0 Å². The number of carboxylic acid groups (broad SMARTS) is 1. The molecule has 1 aromatic heterocycles. The number of carboxylic acids is 1. The predicted octanol–water partition coefficient (Wildman–Crippen LogP) is 1.06. The monoisotopic (exact) mass is 242 g/mol. The number of carbonyl (C=O) groups is 2. The van der Waals surface area contributed by atoms with Crippen LogP contribution in [0.25, 0.3) is 0 Å². The number of thiazole rings is 1. The molecule has 0 bridgehead atoms. The second-order valence-corrected chi connectivity index (χ2v) is 4.25. The van der Waals surface area contributed by atoms with Crippen molar-refractivity contribution in [2.45, 2.75) is 25.7 Å². The zero-order valence-electron chi connectivity index (χ0n) is 8.81. The molecule has 16 heavy (non-hydrogen) atoms. The second kappa shape index (κ2) is 6.95. The lowest BCUT2D eigenvalue weighted by atomic mass is 10.2. The quantitative estimate of drug-likeness (QED) is 0.749. The number of amides is 1. The van der Waals surface area contributed by atoms with Gasteiger partial charge in [-0.2, -0.15) is 0 Å². The van der Waals surface area contributed by atoms with Gasteiger partial charge in [0.15, 0.2) is 0 Å². The van der Waals surface area contributed by atoms with Gasteiger partial charge in [-0.05, 0) is 6.42 Å². The summed E-state index contributed by atoms with van der Waals surface area (Å²) in [7, 11) is 0. The number of aromatic nitrogens is 1. The highest BCUT2D eigenvalue weighted by molar-refractivity contribution is 7.09. The maximum Gasteiger partial charge on any atom is 0.303 e. The van der Waals surface area contributed by atoms with Crippen LogP contribution >= 0.6 is 11.3 Å². The van der Waals surface area contributed by atoms with Gasteiger partial charge in [0.05, 0.1) is 5.01 Å². The number of carbonyl (C=O) groups excluding carboxylic acids is 1. The van der Waals surface area contributed by atoms with E-state index in [4.69, 9.17) is 5.11 Å². The number of nitrogens with one attached hydrogen (secondary N) is 1. The molecule has 0 fully saturated rings. The van der Waals surface area contributed by atoms with Crippen molar-refractivity contribution in [2.75, 3.05) is 6.54 Å². The number of rotatable bonds is 7. The molecule has 1 aromatic rings. The molecule has 0 aromatic carbocycles. The van der Waals surface area contributed by atoms with E-state index >= 15 is 0 Å². The van der Waals surface area contributed by atoms with Gasteiger partial charge in [-0.25, -0.2) is 4.98 Å². The smallest absolute Gasteiger partial charge is 0.303 e. The van der Waals surface area contributed by atoms with Gasteiger partial charge in [-0.3, -0.25) is 9.59 Å². The van der Waals surface area contributed by atoms with E-state index < -0.39 is 5.97 Å². The Labute approximate surface area is 97.5 Å². The van der Waals surface area contributed by atoms with Crippen molar-refractivity contribution >= 4 is 23.2 Å². The summed E-state index contributed by atoms with van der Waals surface area (Å²) in [6.07, 6.45) is 3.15. The Bertz CT molecular complexity index is 338. The summed E-state index contributed by atoms with van der Waals surface area (Å²) >= 11 is 1.56. The molecule has 5 nitrogen and oxygen atoms in total. The topological polar surface area (TPSA) is 79.3 Å². The van der Waals surface area contributed by atoms with Crippen LogP contribution in [0.15, 0.2) is 11.6 Å². The maximum atomic E-state index is 11.2. The standard InChI is InChI=1S/C10H14N2O3S/c13-8(2-1-3-10(14)15)11-5-4-9-12-6-7-16-9/h6-7H,1-5H2,(H,11,13)(H,14,15). The molecule has 0 atom stereocenters. The van der Waals surface area contributed by atoms with E-state index in [2.05, 4.69) is 10.3 Å². The highest BCUT2D eigenvalue weighted by Gasteiger charge is 2.03. The molecule has 1 rings (SSSR count). The van der Waals surface area contributed by atoms with Gasteiger partial charge < -0.3 is 10.4 Å². The van der Waals surface area contributed by atoms with Crippen molar-refractivity contribution in [1.29, 1.82) is 0 Å². The fraction of sp³-hybridized carbons (Fsp3) is 0.500. The van der Waals surface area contributed by atoms with Gasteiger partial charge in [-0.1, -0.05) is 0 Å². The van der Waals surface area contributed by atoms with Crippen molar-refractivity contribution in [3.05, 3.63) is 16.6 Å². The first-order chi connectivity index (χ1) is 7.68. The van der Waals surface area contributed by atoms with Gasteiger partial charge in [0.1, 0.15) is 0 Å². The first-order valence-corrected chi connectivity index (χ1v) is 5.93. The molecule has 0 aliphatic rings. The van der Waals surface area contributed by atoms with Crippen molar-refractivity contribution in [2.24, 2.45) is 0 Å². The van der Waals surface area contributed by atoms with Crippen LogP contribution in [0.4, 0.5) is 0 Å². The van der Waals surface area contributed by atoms with E-state index in [1.165, 1.54) is 0 Å². The third-order valence-electron chi connectivity index (χ3n) is 1.94. The lowest BCUT2D eigenvalue weighted by molar-refractivity contribution is -0.137. The minimum absolute atomic E-state index is 0.0416. The maximum absolute atomic E-state index is 11.2. The van der Waals surface area contributed by atoms with Crippen LogP contribution in [0, 0.1) is 0 Å². The number of aliphatic carboxylic acids is 1. The minimum Gasteiger partial charge on any atom is -0.481 e. The van der Waals surface area contributed by atoms with E-state index in [1.807, 2.05) is 5.38 Å². The normalized spacial score (nSPS) is 10.0. The largest absolute Gasteiger partial charge is 0.481 e. The predicted molar refractivity (Wildman–Crippen MR) is 60.3 cm³/mol. The summed E-state index contributed by atoms with van der Waals surface area (Å²) in [5, 5.41) is 14.0. The Morgan fingerprint density at radius 3 is 2.88 bits per heavy atom. The van der Waals surface area contributed by atoms with Crippen LogP contribution in [-0.4, -0.2) is 28.5 Å². The molecule has 0 saturated carbocycles. The summed E-state index contributed by atoms with van der Waals surface area (Å²) < 4.78 is 0. The highest BCUT2D eigenvalue weighted by atomic mass is 32.1. The molecule has 6 heteroatoms. The third-order valence-corrected chi connectivity index (χ3v) is 2.78. The Morgan fingerprint density at radius 2 is 2.25 bits per heavy atom. The van der Waals surface area contributed by atoms with E-state index in [0.29, 0.717) is 13.0 Å². The van der Waals surface area contributed by atoms with E-state index in [0.717, 1.165) is 11.4 Å². The Hall–Kier alpha value is -1.43. The molecule has 0 spiro atoms. The van der Waals surface area contributed by atoms with Crippen LogP contribution in [0.2, 0.25) is 0 Å². The number of nitrogens with zero attached hydrogens (tertiary/aromatic N) is 1. The fourth-order valence-electron chi connectivity index (χ4n) is 1.17. The number of hydrogen-bond acceptors (Lipinski definition) is 4. The van der Waals surface area contributed by atoms with Crippen LogP contribution in [0.1, 0.15) is 24.3 Å². The van der Waals surface area contributed by atoms with Crippen LogP contribution < -0.4 is 5.32 Å². The zero-order chi connectivity index (χ0) is 11.8. The van der Waals surface area contributed by atoms with Crippen molar-refractivity contribution in [3.63, 3.8) is 0 Å². The summed E-state index contributed by atoms with van der Waals surface area (Å²) in [4.78, 5) is 25.5. The van der Waals surface area contributed by atoms with Crippen molar-refractivity contribution < 1.29 is 14.7 Å². The molecule has 2 N–H and O–H groups in total. The first kappa shape index (κ1) is 12.6. The van der Waals surface area contributed by atoms with Gasteiger partial charge in [0, 0.05) is 37.4 Å². The number of hydrogen-bond donors (Lipinski definition) is 2. The third kappa shape index (κ3) is 5.45. The van der Waals surface area contributed by atoms with E-state index in [1.54, 1.807) is 17.5 Å². The average Bonchev–Trinajstić information content (AvgIpc) is 2.70. The minimum atomic E-state index is -0.865. The lowest BCUT2D eigenvalue weighted by Gasteiger charge is -2.02. The highest BCUT2D eigenvalue weighted by Crippen LogP contribution is 2.03. The SMILES string of the molecule is O=C(O)CCCC(=O)NCCc1nccs1. The molecular weight excluding hydrogens is 228 g/mol. The first-order valence-electron chi connectivity index (χ1n) is 5.05. The van der Waals surface area contributed by atoms with Gasteiger partial charge >= 0.3 is 5.97 Å². The molecule has 0 radical (unpaired) electrons. The summed E-state index contributed by atoms with van der Waals surface area (Å²) in [6, 6.07) is 0. The molecule has 0 aliphatic heterocycles. The van der Waals surface area contributed by atoms with Gasteiger partial charge in [0.2, 0.25) is 5.91 Å². The lowest BCUT2D eigenvalue weighted by Crippen LogP contribution is -2.25. The van der Waals surface area contributed by atoms with E-state index in [9.17, 15) is 9.59 Å². The fourth-order valence-corrected chi connectivity index (χ4v) is 1.79. The molecule has 0 unspecified atom stereocenters.